The van der Waals surface area contributed by atoms with Crippen molar-refractivity contribution in [3.63, 3.8) is 0 Å². The lowest BCUT2D eigenvalue weighted by molar-refractivity contribution is -0.116. The smallest absolute Gasteiger partial charge is 0.226 e. The van der Waals surface area contributed by atoms with Gasteiger partial charge in [-0.25, -0.2) is 4.98 Å². The Hall–Kier alpha value is -2.37. The normalized spacial score (nSPS) is 10.4. The van der Waals surface area contributed by atoms with Crippen LogP contribution in [0.4, 0.5) is 5.13 Å². The van der Waals surface area contributed by atoms with Gasteiger partial charge in [0.05, 0.1) is 12.3 Å². The number of para-hydroxylation sites is 1. The van der Waals surface area contributed by atoms with Gasteiger partial charge in [0.25, 0.3) is 0 Å². The number of nitrogens with zero attached hydrogens (tertiary/aromatic N) is 1. The summed E-state index contributed by atoms with van der Waals surface area (Å²) in [5.41, 5.74) is 1.79. The minimum atomic E-state index is -0.0614. The number of amides is 1. The number of aromatic nitrogens is 1. The summed E-state index contributed by atoms with van der Waals surface area (Å²) in [6.07, 6.45) is 1.04. The number of hydrogen-bond donors (Lipinski definition) is 1. The van der Waals surface area contributed by atoms with Crippen molar-refractivity contribution < 1.29 is 9.53 Å². The fourth-order valence-electron chi connectivity index (χ4n) is 2.21. The monoisotopic (exact) mass is 372 g/mol. The van der Waals surface area contributed by atoms with Gasteiger partial charge in [-0.15, -0.1) is 11.3 Å². The molecule has 0 radical (unpaired) electrons. The Morgan fingerprint density at radius 2 is 1.88 bits per heavy atom. The van der Waals surface area contributed by atoms with E-state index in [2.05, 4.69) is 10.3 Å². The van der Waals surface area contributed by atoms with Gasteiger partial charge in [0, 0.05) is 22.4 Å². The SMILES string of the molecule is O=C(CCCOc1ccccc1)Nc1nc(-c2ccc(Cl)cc2)cs1. The highest BCUT2D eigenvalue weighted by Crippen LogP contribution is 2.26. The second-order valence-corrected chi connectivity index (χ2v) is 6.65. The zero-order chi connectivity index (χ0) is 17.5. The van der Waals surface area contributed by atoms with Crippen LogP contribution in [0, 0.1) is 0 Å². The molecular formula is C19H17ClN2O2S. The van der Waals surface area contributed by atoms with E-state index >= 15 is 0 Å². The Kier molecular flexibility index (Phi) is 6.04. The van der Waals surface area contributed by atoms with Crippen LogP contribution in [0.1, 0.15) is 12.8 Å². The molecule has 6 heteroatoms. The van der Waals surface area contributed by atoms with Crippen molar-refractivity contribution >= 4 is 34.0 Å². The van der Waals surface area contributed by atoms with Crippen LogP contribution in [-0.2, 0) is 4.79 Å². The maximum absolute atomic E-state index is 12.0. The fraction of sp³-hybridized carbons (Fsp3) is 0.158. The topological polar surface area (TPSA) is 51.2 Å². The molecule has 2 aromatic carbocycles. The number of rotatable bonds is 7. The van der Waals surface area contributed by atoms with Crippen LogP contribution in [0.25, 0.3) is 11.3 Å². The van der Waals surface area contributed by atoms with Gasteiger partial charge in [0.2, 0.25) is 5.91 Å². The molecule has 3 rings (SSSR count). The molecule has 1 heterocycles. The lowest BCUT2D eigenvalue weighted by Gasteiger charge is -2.05. The first-order valence-electron chi connectivity index (χ1n) is 7.90. The quantitative estimate of drug-likeness (QED) is 0.575. The third-order valence-electron chi connectivity index (χ3n) is 3.45. The third-order valence-corrected chi connectivity index (χ3v) is 4.46. The second-order valence-electron chi connectivity index (χ2n) is 5.36. The summed E-state index contributed by atoms with van der Waals surface area (Å²) in [4.78, 5) is 16.4. The zero-order valence-electron chi connectivity index (χ0n) is 13.4. The average molecular weight is 373 g/mol. The molecule has 0 saturated heterocycles. The summed E-state index contributed by atoms with van der Waals surface area (Å²) < 4.78 is 5.57. The highest BCUT2D eigenvalue weighted by molar-refractivity contribution is 7.14. The molecule has 0 unspecified atom stereocenters. The van der Waals surface area contributed by atoms with E-state index in [9.17, 15) is 4.79 Å². The summed E-state index contributed by atoms with van der Waals surface area (Å²) in [5, 5.41) is 6.02. The summed E-state index contributed by atoms with van der Waals surface area (Å²) >= 11 is 7.29. The summed E-state index contributed by atoms with van der Waals surface area (Å²) in [7, 11) is 0. The summed E-state index contributed by atoms with van der Waals surface area (Å²) in [6.45, 7) is 0.505. The van der Waals surface area contributed by atoms with Gasteiger partial charge in [-0.05, 0) is 30.7 Å². The highest BCUT2D eigenvalue weighted by Gasteiger charge is 2.08. The molecule has 4 nitrogen and oxygen atoms in total. The van der Waals surface area contributed by atoms with Gasteiger partial charge in [0.1, 0.15) is 5.75 Å². The number of benzene rings is 2. The van der Waals surface area contributed by atoms with Crippen molar-refractivity contribution in [2.24, 2.45) is 0 Å². The first-order chi connectivity index (χ1) is 12.2. The van der Waals surface area contributed by atoms with E-state index in [-0.39, 0.29) is 5.91 Å². The molecule has 1 amide bonds. The van der Waals surface area contributed by atoms with Crippen LogP contribution in [0.2, 0.25) is 5.02 Å². The van der Waals surface area contributed by atoms with E-state index < -0.39 is 0 Å². The number of carbonyl (C=O) groups is 1. The van der Waals surface area contributed by atoms with Crippen LogP contribution in [0.5, 0.6) is 5.75 Å². The number of thiazole rings is 1. The Morgan fingerprint density at radius 3 is 2.64 bits per heavy atom. The molecule has 0 bridgehead atoms. The molecule has 1 aromatic heterocycles. The lowest BCUT2D eigenvalue weighted by atomic mass is 10.2. The Bertz CT molecular complexity index is 819. The Morgan fingerprint density at radius 1 is 1.12 bits per heavy atom. The predicted molar refractivity (Wildman–Crippen MR) is 102 cm³/mol. The Balaban J connectivity index is 1.44. The van der Waals surface area contributed by atoms with Crippen LogP contribution < -0.4 is 10.1 Å². The van der Waals surface area contributed by atoms with E-state index in [0.29, 0.717) is 29.6 Å². The van der Waals surface area contributed by atoms with E-state index in [4.69, 9.17) is 16.3 Å². The van der Waals surface area contributed by atoms with Crippen molar-refractivity contribution in [1.82, 2.24) is 4.98 Å². The zero-order valence-corrected chi connectivity index (χ0v) is 15.0. The third kappa shape index (κ3) is 5.31. The minimum Gasteiger partial charge on any atom is -0.494 e. The summed E-state index contributed by atoms with van der Waals surface area (Å²) in [6, 6.07) is 17.0. The van der Waals surface area contributed by atoms with Crippen LogP contribution in [-0.4, -0.2) is 17.5 Å². The number of carbonyl (C=O) groups excluding carboxylic acids is 1. The lowest BCUT2D eigenvalue weighted by Crippen LogP contribution is -2.12. The van der Waals surface area contributed by atoms with Crippen molar-refractivity contribution in [2.75, 3.05) is 11.9 Å². The molecule has 0 saturated carbocycles. The van der Waals surface area contributed by atoms with Gasteiger partial charge in [-0.1, -0.05) is 41.9 Å². The molecule has 3 aromatic rings. The Labute approximate surface area is 155 Å². The number of halogens is 1. The molecule has 0 spiro atoms. The minimum absolute atomic E-state index is 0.0614. The predicted octanol–water partition coefficient (Wildman–Crippen LogP) is 5.26. The van der Waals surface area contributed by atoms with E-state index in [1.165, 1.54) is 11.3 Å². The largest absolute Gasteiger partial charge is 0.494 e. The molecule has 128 valence electrons. The maximum Gasteiger partial charge on any atom is 0.226 e. The molecule has 1 N–H and O–H groups in total. The van der Waals surface area contributed by atoms with Gasteiger partial charge >= 0.3 is 0 Å². The molecule has 0 fully saturated rings. The molecule has 0 aliphatic rings. The molecule has 25 heavy (non-hydrogen) atoms. The van der Waals surface area contributed by atoms with E-state index in [1.54, 1.807) is 0 Å². The van der Waals surface area contributed by atoms with Gasteiger partial charge in [-0.2, -0.15) is 0 Å². The first-order valence-corrected chi connectivity index (χ1v) is 9.15. The average Bonchev–Trinajstić information content (AvgIpc) is 3.09. The molecular weight excluding hydrogens is 356 g/mol. The van der Waals surface area contributed by atoms with E-state index in [1.807, 2.05) is 60.0 Å². The van der Waals surface area contributed by atoms with Crippen molar-refractivity contribution in [1.29, 1.82) is 0 Å². The fourth-order valence-corrected chi connectivity index (χ4v) is 3.07. The van der Waals surface area contributed by atoms with Crippen LogP contribution >= 0.6 is 22.9 Å². The maximum atomic E-state index is 12.0. The van der Waals surface area contributed by atoms with Gasteiger partial charge in [0.15, 0.2) is 5.13 Å². The number of nitrogens with one attached hydrogen (secondary N) is 1. The first kappa shape index (κ1) is 17.5. The van der Waals surface area contributed by atoms with Crippen molar-refractivity contribution in [2.45, 2.75) is 12.8 Å². The van der Waals surface area contributed by atoms with Crippen LogP contribution in [0.15, 0.2) is 60.0 Å². The highest BCUT2D eigenvalue weighted by atomic mass is 35.5. The van der Waals surface area contributed by atoms with Gasteiger partial charge in [-0.3, -0.25) is 4.79 Å². The van der Waals surface area contributed by atoms with Crippen molar-refractivity contribution in [3.8, 4) is 17.0 Å². The summed E-state index contributed by atoms with van der Waals surface area (Å²) in [5.74, 6) is 0.754. The standard InChI is InChI=1S/C19H17ClN2O2S/c20-15-10-8-14(9-11-15)17-13-25-19(21-17)22-18(23)7-4-12-24-16-5-2-1-3-6-16/h1-3,5-6,8-11,13H,4,7,12H2,(H,21,22,23). The molecule has 0 aliphatic carbocycles. The van der Waals surface area contributed by atoms with Crippen LogP contribution in [0.3, 0.4) is 0 Å². The van der Waals surface area contributed by atoms with Crippen molar-refractivity contribution in [3.05, 3.63) is 65.0 Å². The molecule has 0 aliphatic heterocycles. The van der Waals surface area contributed by atoms with Gasteiger partial charge < -0.3 is 10.1 Å². The van der Waals surface area contributed by atoms with E-state index in [0.717, 1.165) is 17.0 Å². The second kappa shape index (κ2) is 8.65. The molecule has 0 atom stereocenters. The number of hydrogen-bond acceptors (Lipinski definition) is 4. The number of ether oxygens (including phenoxy) is 1. The number of anilines is 1.